The zero-order valence-corrected chi connectivity index (χ0v) is 11.1. The topological polar surface area (TPSA) is 156 Å². The van der Waals surface area contributed by atoms with E-state index in [2.05, 4.69) is 0 Å². The average molecular weight is 330 g/mol. The van der Waals surface area contributed by atoms with Gasteiger partial charge in [-0.25, -0.2) is 0 Å². The minimum atomic E-state index is -2.50. The molecule has 0 aromatic heterocycles. The molecule has 0 aliphatic heterocycles. The molecule has 1 unspecified atom stereocenters. The van der Waals surface area contributed by atoms with Crippen molar-refractivity contribution in [3.05, 3.63) is 28.7 Å². The molecule has 9 heteroatoms. The van der Waals surface area contributed by atoms with Crippen molar-refractivity contribution in [1.82, 2.24) is 0 Å². The van der Waals surface area contributed by atoms with Crippen molar-refractivity contribution in [2.24, 2.45) is 0 Å². The van der Waals surface area contributed by atoms with Gasteiger partial charge in [0.2, 0.25) is 0 Å². The molecule has 0 bridgehead atoms. The summed E-state index contributed by atoms with van der Waals surface area (Å²) in [6.45, 7) is 1.02. The molecule has 1 atom stereocenters. The monoisotopic (exact) mass is 331 g/mol. The second-order valence-corrected chi connectivity index (χ2v) is 3.98. The Morgan fingerprint density at radius 2 is 1.07 bits per heavy atom. The van der Waals surface area contributed by atoms with E-state index in [1.807, 2.05) is 0 Å². The molecular formula is C6H18CoN5O2Se-3. The second-order valence-electron chi connectivity index (χ2n) is 1.78. The van der Waals surface area contributed by atoms with E-state index in [0.29, 0.717) is 0 Å². The first-order valence-electron chi connectivity index (χ1n) is 3.91. The van der Waals surface area contributed by atoms with Crippen LogP contribution in [-0.4, -0.2) is 51.1 Å². The van der Waals surface area contributed by atoms with Gasteiger partial charge in [0.15, 0.2) is 0 Å². The molecule has 0 amide bonds. The van der Waals surface area contributed by atoms with E-state index in [1.165, 1.54) is 0 Å². The third-order valence-electron chi connectivity index (χ3n) is 0.527. The van der Waals surface area contributed by atoms with Gasteiger partial charge in [-0.3, -0.25) is 0 Å². The van der Waals surface area contributed by atoms with Crippen LogP contribution in [0.5, 0.6) is 0 Å². The van der Waals surface area contributed by atoms with E-state index in [9.17, 15) is 3.83 Å². The van der Waals surface area contributed by atoms with Gasteiger partial charge in [-0.15, -0.1) is 0 Å². The number of hydrogen-bond acceptors (Lipinski definition) is 1. The Balaban J connectivity index is -0.0000000606. The number of nitrogens with one attached hydrogen (secondary N) is 5. The zero-order chi connectivity index (χ0) is 11.8. The van der Waals surface area contributed by atoms with Gasteiger partial charge < -0.3 is 22.9 Å². The number of rotatable bonds is 4. The molecule has 7 nitrogen and oxygen atoms in total. The van der Waals surface area contributed by atoms with Crippen LogP contribution >= 0.6 is 0 Å². The standard InChI is InChI=1S/2C2H6N2.C2H6NO2Se.Co/c2*3-1-2-4;3-1-2-6(4)5;/h2*3-4H,1-2H2;3H,1-2H2,(H,4,5);/q2*-2;-1;+2. The van der Waals surface area contributed by atoms with Crippen molar-refractivity contribution in [2.45, 2.75) is 5.32 Å². The van der Waals surface area contributed by atoms with Crippen molar-refractivity contribution in [3.63, 3.8) is 0 Å². The van der Waals surface area contributed by atoms with Gasteiger partial charge >= 0.3 is 56.6 Å². The molecule has 15 heavy (non-hydrogen) atoms. The van der Waals surface area contributed by atoms with Gasteiger partial charge in [-0.05, 0) is 0 Å². The van der Waals surface area contributed by atoms with Crippen LogP contribution in [0.2, 0.25) is 5.32 Å². The van der Waals surface area contributed by atoms with Crippen LogP contribution in [0.1, 0.15) is 0 Å². The van der Waals surface area contributed by atoms with Crippen LogP contribution in [0.3, 0.4) is 0 Å². The third-order valence-corrected chi connectivity index (χ3v) is 1.69. The Hall–Kier alpha value is 0.586. The van der Waals surface area contributed by atoms with E-state index >= 15 is 0 Å². The molecule has 0 saturated carbocycles. The van der Waals surface area contributed by atoms with E-state index in [0.717, 1.165) is 0 Å². The Morgan fingerprint density at radius 3 is 1.07 bits per heavy atom. The van der Waals surface area contributed by atoms with Gasteiger partial charge in [0.25, 0.3) is 0 Å². The Morgan fingerprint density at radius 1 is 0.800 bits per heavy atom. The molecule has 0 heterocycles. The van der Waals surface area contributed by atoms with Gasteiger partial charge in [0, 0.05) is 0 Å². The fourth-order valence-electron chi connectivity index (χ4n) is 0.0873. The Bertz CT molecular complexity index is 104. The molecule has 0 rings (SSSR count). The third kappa shape index (κ3) is 74.0. The van der Waals surface area contributed by atoms with E-state index < -0.39 is 14.2 Å². The zero-order valence-electron chi connectivity index (χ0n) is 8.34. The summed E-state index contributed by atoms with van der Waals surface area (Å²) in [7, 11) is 0. The molecule has 1 radical (unpaired) electrons. The molecule has 0 aromatic carbocycles. The molecule has 0 aromatic rings. The van der Waals surface area contributed by atoms with Crippen LogP contribution < -0.4 is 0 Å². The summed E-state index contributed by atoms with van der Waals surface area (Å²) in [5.41, 5.74) is 31.5. The van der Waals surface area contributed by atoms with E-state index in [-0.39, 0.29) is 54.8 Å². The van der Waals surface area contributed by atoms with Crippen molar-refractivity contribution in [1.29, 1.82) is 0 Å². The molecule has 0 saturated heterocycles. The fourth-order valence-corrected chi connectivity index (χ4v) is 0.454. The Kier molecular flexibility index (Phi) is 48.2. The maximum atomic E-state index is 9.69. The summed E-state index contributed by atoms with van der Waals surface area (Å²) < 4.78 is 17.7. The summed E-state index contributed by atoms with van der Waals surface area (Å²) in [4.78, 5) is 0. The molecule has 6 N–H and O–H groups in total. The van der Waals surface area contributed by atoms with Crippen molar-refractivity contribution in [2.75, 3.05) is 32.7 Å². The van der Waals surface area contributed by atoms with Crippen LogP contribution in [0.25, 0.3) is 28.7 Å². The molecule has 0 fully saturated rings. The van der Waals surface area contributed by atoms with Crippen molar-refractivity contribution in [3.8, 4) is 0 Å². The predicted molar refractivity (Wildman–Crippen MR) is 59.4 cm³/mol. The first-order chi connectivity index (χ1) is 6.60. The molecule has 97 valence electrons. The molecule has 0 aliphatic rings. The summed E-state index contributed by atoms with van der Waals surface area (Å²) in [5.74, 6) is 0. The summed E-state index contributed by atoms with van der Waals surface area (Å²) >= 11 is -2.50. The summed E-state index contributed by atoms with van der Waals surface area (Å²) in [5, 5.41) is 0.167. The van der Waals surface area contributed by atoms with Crippen LogP contribution in [-0.2, 0) is 20.6 Å². The average Bonchev–Trinajstić information content (AvgIpc) is 2.18. The maximum absolute atomic E-state index is 9.69. The molecule has 0 spiro atoms. The minimum absolute atomic E-state index is 0. The summed E-state index contributed by atoms with van der Waals surface area (Å²) in [6, 6.07) is 0. The van der Waals surface area contributed by atoms with Crippen LogP contribution in [0.4, 0.5) is 0 Å². The summed E-state index contributed by atoms with van der Waals surface area (Å²) in [6.07, 6.45) is 0. The van der Waals surface area contributed by atoms with E-state index in [1.54, 1.807) is 0 Å². The van der Waals surface area contributed by atoms with Crippen molar-refractivity contribution < 1.29 is 24.8 Å². The predicted octanol–water partition coefficient (Wildman–Crippen LogP) is 2.13. The van der Waals surface area contributed by atoms with Crippen LogP contribution in [0, 0.1) is 0 Å². The normalized spacial score (nSPS) is 9.73. The number of hydrogen-bond donors (Lipinski definition) is 1. The van der Waals surface area contributed by atoms with Crippen molar-refractivity contribution >= 4 is 14.2 Å². The quantitative estimate of drug-likeness (QED) is 0.783. The first-order valence-corrected chi connectivity index (χ1v) is 6.58. The van der Waals surface area contributed by atoms with E-state index in [4.69, 9.17) is 32.9 Å². The van der Waals surface area contributed by atoms with Gasteiger partial charge in [-0.1, -0.05) is 0 Å². The van der Waals surface area contributed by atoms with Gasteiger partial charge in [0.1, 0.15) is 0 Å². The van der Waals surface area contributed by atoms with Crippen LogP contribution in [0.15, 0.2) is 0 Å². The SMILES string of the molecule is [Co+2].[NH-]CC[NH-].[NH-]CC[NH-].[NH-]CC[Se](=O)O. The molecular weight excluding hydrogens is 312 g/mol. The second kappa shape index (κ2) is 29.3. The van der Waals surface area contributed by atoms with Gasteiger partial charge in [-0.2, -0.15) is 26.2 Å². The van der Waals surface area contributed by atoms with Gasteiger partial charge in [0.05, 0.1) is 0 Å². The fraction of sp³-hybridized carbons (Fsp3) is 1.00. The molecule has 0 aliphatic carbocycles. The Labute approximate surface area is 106 Å². The first kappa shape index (κ1) is 24.7.